The number of nitrogens with zero attached hydrogens (tertiary/aromatic N) is 1. The largest absolute Gasteiger partial charge is 0.455 e. The van der Waals surface area contributed by atoms with Gasteiger partial charge in [-0.15, -0.1) is 0 Å². The summed E-state index contributed by atoms with van der Waals surface area (Å²) in [4.78, 5) is 26.9. The van der Waals surface area contributed by atoms with E-state index in [1.165, 1.54) is 7.11 Å². The normalized spacial score (nSPS) is 24.3. The van der Waals surface area contributed by atoms with E-state index >= 15 is 0 Å². The molecule has 218 valence electrons. The summed E-state index contributed by atoms with van der Waals surface area (Å²) < 4.78 is 11.0. The summed E-state index contributed by atoms with van der Waals surface area (Å²) in [5.41, 5.74) is 6.04. The van der Waals surface area contributed by atoms with Crippen molar-refractivity contribution in [1.82, 2.24) is 10.2 Å². The zero-order valence-corrected chi connectivity index (χ0v) is 23.9. The Bertz CT molecular complexity index is 1190. The molecule has 2 aliphatic rings. The minimum Gasteiger partial charge on any atom is -0.455 e. The van der Waals surface area contributed by atoms with E-state index < -0.39 is 23.8 Å². The first-order chi connectivity index (χ1) is 19.1. The maximum atomic E-state index is 13.4. The highest BCUT2D eigenvalue weighted by molar-refractivity contribution is 6.32. The number of amides is 2. The Labute approximate surface area is 240 Å². The molecule has 5 atom stereocenters. The lowest BCUT2D eigenvalue weighted by Crippen LogP contribution is -2.49. The fourth-order valence-corrected chi connectivity index (χ4v) is 6.20. The Balaban J connectivity index is 1.64. The topological polar surface area (TPSA) is 134 Å². The summed E-state index contributed by atoms with van der Waals surface area (Å²) in [5.74, 6) is 0.320. The molecule has 5 unspecified atom stereocenters. The van der Waals surface area contributed by atoms with Gasteiger partial charge in [0.15, 0.2) is 5.75 Å². The number of hydrogen-bond acceptors (Lipinski definition) is 7. The van der Waals surface area contributed by atoms with Gasteiger partial charge in [-0.1, -0.05) is 41.9 Å². The number of nitrogens with two attached hydrogens (primary N) is 1. The van der Waals surface area contributed by atoms with Crippen LogP contribution in [0.5, 0.6) is 11.5 Å². The van der Waals surface area contributed by atoms with Gasteiger partial charge in [-0.2, -0.15) is 0 Å². The van der Waals surface area contributed by atoms with Crippen molar-refractivity contribution in [3.8, 4) is 11.5 Å². The Morgan fingerprint density at radius 3 is 2.67 bits per heavy atom. The van der Waals surface area contributed by atoms with Crippen LogP contribution >= 0.6 is 11.6 Å². The predicted molar refractivity (Wildman–Crippen MR) is 152 cm³/mol. The number of rotatable bonds is 9. The minimum absolute atomic E-state index is 0.0334. The smallest absolute Gasteiger partial charge is 0.406 e. The molecule has 40 heavy (non-hydrogen) atoms. The van der Waals surface area contributed by atoms with Gasteiger partial charge < -0.3 is 35.6 Å². The van der Waals surface area contributed by atoms with Crippen LogP contribution in [-0.2, 0) is 15.1 Å². The molecule has 0 spiro atoms. The average Bonchev–Trinajstić information content (AvgIpc) is 3.30. The summed E-state index contributed by atoms with van der Waals surface area (Å²) in [6.07, 6.45) is 1.74. The maximum Gasteiger partial charge on any atom is 0.406 e. The van der Waals surface area contributed by atoms with Crippen LogP contribution in [0.15, 0.2) is 42.5 Å². The third kappa shape index (κ3) is 6.71. The summed E-state index contributed by atoms with van der Waals surface area (Å²) in [6, 6.07) is 12.5. The number of methoxy groups -OCH3 is 1. The molecule has 2 fully saturated rings. The number of halogens is 1. The van der Waals surface area contributed by atoms with Gasteiger partial charge in [-0.05, 0) is 63.1 Å². The van der Waals surface area contributed by atoms with Crippen molar-refractivity contribution in [2.45, 2.75) is 63.2 Å². The Morgan fingerprint density at radius 2 is 1.98 bits per heavy atom. The molecule has 1 saturated carbocycles. The number of likely N-dealkylation sites (tertiary alicyclic amines) is 1. The molecular formula is C30H40ClN3O6. The van der Waals surface area contributed by atoms with Crippen LogP contribution in [0.1, 0.15) is 49.7 Å². The predicted octanol–water partition coefficient (Wildman–Crippen LogP) is 4.10. The third-order valence-electron chi connectivity index (χ3n) is 8.26. The van der Waals surface area contributed by atoms with Crippen LogP contribution in [0, 0.1) is 18.8 Å². The molecule has 1 heterocycles. The number of benzene rings is 2. The molecule has 0 bridgehead atoms. The number of para-hydroxylation sites is 2. The van der Waals surface area contributed by atoms with E-state index in [0.717, 1.165) is 12.0 Å². The summed E-state index contributed by atoms with van der Waals surface area (Å²) >= 11 is 6.68. The highest BCUT2D eigenvalue weighted by Crippen LogP contribution is 2.47. The molecule has 0 aromatic heterocycles. The highest BCUT2D eigenvalue weighted by Gasteiger charge is 2.45. The second-order valence-corrected chi connectivity index (χ2v) is 11.4. The standard InChI is InChI=1S/C30H40ClN3O6/c1-19-8-3-4-12-26(19)40-27-22(10-5-11-23(27)31)30(38,13-7-14-33-29(37)39-2)21-9-6-15-34(18-21)28(36)20-16-24(32)25(35)17-20/h3-5,8,10-12,20-21,24-25,35,38H,6-7,9,13-18,32H2,1-2H3,(H,33,37). The number of nitrogens with one attached hydrogen (secondary N) is 1. The number of carbonyl (C=O) groups excluding carboxylic acids is 2. The van der Waals surface area contributed by atoms with Crippen molar-refractivity contribution in [2.75, 3.05) is 26.7 Å². The van der Waals surface area contributed by atoms with Gasteiger partial charge in [0.1, 0.15) is 5.75 Å². The van der Waals surface area contributed by atoms with Crippen molar-refractivity contribution in [2.24, 2.45) is 17.6 Å². The second-order valence-electron chi connectivity index (χ2n) is 11.0. The first kappa shape index (κ1) is 30.1. The lowest BCUT2D eigenvalue weighted by atomic mass is 9.73. The van der Waals surface area contributed by atoms with Crippen LogP contribution in [0.4, 0.5) is 4.79 Å². The fourth-order valence-electron chi connectivity index (χ4n) is 5.99. The van der Waals surface area contributed by atoms with Gasteiger partial charge in [-0.3, -0.25) is 4.79 Å². The molecule has 1 saturated heterocycles. The SMILES string of the molecule is COC(=O)NCCCC(O)(c1cccc(Cl)c1Oc1ccccc1C)C1CCCN(C(=O)C2CC(N)C(O)C2)C1. The van der Waals surface area contributed by atoms with Crippen molar-refractivity contribution in [3.63, 3.8) is 0 Å². The van der Waals surface area contributed by atoms with Gasteiger partial charge in [0, 0.05) is 43.1 Å². The van der Waals surface area contributed by atoms with Crippen LogP contribution in [0.2, 0.25) is 5.02 Å². The number of alkyl carbamates (subject to hydrolysis) is 1. The third-order valence-corrected chi connectivity index (χ3v) is 8.56. The molecule has 9 nitrogen and oxygen atoms in total. The van der Waals surface area contributed by atoms with Gasteiger partial charge in [0.05, 0.1) is 23.8 Å². The lowest BCUT2D eigenvalue weighted by molar-refractivity contribution is -0.141. The molecule has 2 aromatic carbocycles. The van der Waals surface area contributed by atoms with Gasteiger partial charge in [-0.25, -0.2) is 4.79 Å². The van der Waals surface area contributed by atoms with Crippen molar-refractivity contribution >= 4 is 23.6 Å². The monoisotopic (exact) mass is 573 g/mol. The number of aryl methyl sites for hydroxylation is 1. The highest BCUT2D eigenvalue weighted by atomic mass is 35.5. The second kappa shape index (κ2) is 13.2. The number of ether oxygens (including phenoxy) is 2. The summed E-state index contributed by atoms with van der Waals surface area (Å²) in [5, 5.41) is 25.7. The van der Waals surface area contributed by atoms with Crippen molar-refractivity contribution in [3.05, 3.63) is 58.6 Å². The molecule has 1 aliphatic heterocycles. The average molecular weight is 574 g/mol. The molecule has 2 amide bonds. The number of carbonyl (C=O) groups is 2. The Morgan fingerprint density at radius 1 is 1.20 bits per heavy atom. The number of aliphatic hydroxyl groups is 2. The van der Waals surface area contributed by atoms with E-state index in [1.54, 1.807) is 17.0 Å². The quantitative estimate of drug-likeness (QED) is 0.332. The molecule has 1 aliphatic carbocycles. The molecule has 4 rings (SSSR count). The number of piperidine rings is 1. The summed E-state index contributed by atoms with van der Waals surface area (Å²) in [7, 11) is 1.30. The zero-order chi connectivity index (χ0) is 28.9. The van der Waals surface area contributed by atoms with Crippen LogP contribution < -0.4 is 15.8 Å². The first-order valence-electron chi connectivity index (χ1n) is 13.9. The zero-order valence-electron chi connectivity index (χ0n) is 23.1. The lowest BCUT2D eigenvalue weighted by Gasteiger charge is -2.44. The fraction of sp³-hybridized carbons (Fsp3) is 0.533. The van der Waals surface area contributed by atoms with E-state index in [0.29, 0.717) is 73.8 Å². The van der Waals surface area contributed by atoms with Crippen LogP contribution in [0.25, 0.3) is 0 Å². The molecule has 10 heteroatoms. The number of aliphatic hydroxyl groups excluding tert-OH is 1. The van der Waals surface area contributed by atoms with E-state index in [1.807, 2.05) is 37.3 Å². The van der Waals surface area contributed by atoms with Crippen LogP contribution in [0.3, 0.4) is 0 Å². The number of hydrogen-bond donors (Lipinski definition) is 4. The maximum absolute atomic E-state index is 13.4. The van der Waals surface area contributed by atoms with E-state index in [4.69, 9.17) is 22.1 Å². The van der Waals surface area contributed by atoms with Crippen molar-refractivity contribution < 1.29 is 29.3 Å². The summed E-state index contributed by atoms with van der Waals surface area (Å²) in [6.45, 7) is 3.17. The van der Waals surface area contributed by atoms with E-state index in [2.05, 4.69) is 10.1 Å². The molecular weight excluding hydrogens is 534 g/mol. The molecule has 0 radical (unpaired) electrons. The van der Waals surface area contributed by atoms with E-state index in [9.17, 15) is 19.8 Å². The van der Waals surface area contributed by atoms with Gasteiger partial charge in [0.2, 0.25) is 5.91 Å². The molecule has 5 N–H and O–H groups in total. The van der Waals surface area contributed by atoms with Crippen molar-refractivity contribution in [1.29, 1.82) is 0 Å². The van der Waals surface area contributed by atoms with Crippen LogP contribution in [-0.4, -0.2) is 66.0 Å². The minimum atomic E-state index is -1.41. The van der Waals surface area contributed by atoms with E-state index in [-0.39, 0.29) is 17.7 Å². The van der Waals surface area contributed by atoms with Gasteiger partial charge in [0.25, 0.3) is 0 Å². The van der Waals surface area contributed by atoms with Gasteiger partial charge >= 0.3 is 6.09 Å². The Hall–Kier alpha value is -2.85. The molecule has 2 aromatic rings. The Kier molecular flexibility index (Phi) is 9.94. The first-order valence-corrected chi connectivity index (χ1v) is 14.3.